The number of benzene rings is 2. The van der Waals surface area contributed by atoms with Crippen LogP contribution >= 0.6 is 12.2 Å². The standard InChI is InChI=1S/C18H15N3O3S/c22-16(11-13-7-3-6-12-5-1-2-8-14(12)13)20-21-18(25)19-17(23)15-9-4-10-24-15/h1-10H,11H2,(H,20,22)(H2,19,21,23,25). The maximum absolute atomic E-state index is 12.1. The molecule has 7 heteroatoms. The van der Waals surface area contributed by atoms with Gasteiger partial charge in [-0.1, -0.05) is 42.5 Å². The fraction of sp³-hybridized carbons (Fsp3) is 0.0556. The molecule has 0 fully saturated rings. The van der Waals surface area contributed by atoms with Gasteiger partial charge in [0, 0.05) is 0 Å². The van der Waals surface area contributed by atoms with Gasteiger partial charge in [0.25, 0.3) is 5.91 Å². The average molecular weight is 353 g/mol. The number of nitrogens with one attached hydrogen (secondary N) is 3. The Morgan fingerprint density at radius 2 is 1.76 bits per heavy atom. The molecule has 0 saturated heterocycles. The smallest absolute Gasteiger partial charge is 0.293 e. The summed E-state index contributed by atoms with van der Waals surface area (Å²) >= 11 is 4.96. The third-order valence-electron chi connectivity index (χ3n) is 3.52. The predicted molar refractivity (Wildman–Crippen MR) is 97.7 cm³/mol. The largest absolute Gasteiger partial charge is 0.459 e. The van der Waals surface area contributed by atoms with E-state index in [-0.39, 0.29) is 23.2 Å². The highest BCUT2D eigenvalue weighted by Gasteiger charge is 2.11. The third-order valence-corrected chi connectivity index (χ3v) is 3.72. The first-order valence-corrected chi connectivity index (χ1v) is 7.94. The number of rotatable bonds is 3. The number of hydrazine groups is 1. The van der Waals surface area contributed by atoms with Gasteiger partial charge < -0.3 is 4.42 Å². The first-order chi connectivity index (χ1) is 12.1. The number of carbonyl (C=O) groups is 2. The number of carbonyl (C=O) groups excluding carboxylic acids is 2. The number of fused-ring (bicyclic) bond motifs is 1. The van der Waals surface area contributed by atoms with E-state index >= 15 is 0 Å². The zero-order chi connectivity index (χ0) is 17.6. The van der Waals surface area contributed by atoms with Crippen LogP contribution < -0.4 is 16.2 Å². The maximum Gasteiger partial charge on any atom is 0.293 e. The van der Waals surface area contributed by atoms with E-state index in [1.807, 2.05) is 42.5 Å². The second-order valence-electron chi connectivity index (χ2n) is 5.25. The van der Waals surface area contributed by atoms with Crippen LogP contribution in [0.3, 0.4) is 0 Å². The SMILES string of the molecule is O=C(Cc1cccc2ccccc12)NNC(=S)NC(=O)c1ccco1. The first kappa shape index (κ1) is 16.7. The van der Waals surface area contributed by atoms with Gasteiger partial charge in [-0.25, -0.2) is 0 Å². The Kier molecular flexibility index (Phi) is 5.06. The summed E-state index contributed by atoms with van der Waals surface area (Å²) in [6.07, 6.45) is 1.57. The minimum absolute atomic E-state index is 0.0207. The summed E-state index contributed by atoms with van der Waals surface area (Å²) in [7, 11) is 0. The number of hydrogen-bond acceptors (Lipinski definition) is 4. The topological polar surface area (TPSA) is 83.4 Å². The van der Waals surface area contributed by atoms with Gasteiger partial charge in [0.1, 0.15) is 0 Å². The fourth-order valence-corrected chi connectivity index (χ4v) is 2.54. The second-order valence-corrected chi connectivity index (χ2v) is 5.66. The molecule has 0 bridgehead atoms. The maximum atomic E-state index is 12.1. The van der Waals surface area contributed by atoms with E-state index < -0.39 is 5.91 Å². The fourth-order valence-electron chi connectivity index (χ4n) is 2.39. The normalized spacial score (nSPS) is 10.2. The van der Waals surface area contributed by atoms with E-state index in [9.17, 15) is 9.59 Å². The van der Waals surface area contributed by atoms with Gasteiger partial charge in [-0.05, 0) is 40.7 Å². The molecule has 0 aliphatic carbocycles. The molecule has 0 saturated carbocycles. The van der Waals surface area contributed by atoms with Crippen LogP contribution in [-0.2, 0) is 11.2 Å². The van der Waals surface area contributed by atoms with E-state index in [1.54, 1.807) is 6.07 Å². The third kappa shape index (κ3) is 4.21. The quantitative estimate of drug-likeness (QED) is 0.497. The Hall–Kier alpha value is -3.19. The van der Waals surface area contributed by atoms with Crippen molar-refractivity contribution >= 4 is 39.9 Å². The highest BCUT2D eigenvalue weighted by Crippen LogP contribution is 2.18. The lowest BCUT2D eigenvalue weighted by Gasteiger charge is -2.11. The Labute approximate surface area is 149 Å². The number of hydrogen-bond donors (Lipinski definition) is 3. The van der Waals surface area contributed by atoms with Crippen molar-refractivity contribution in [3.8, 4) is 0 Å². The zero-order valence-corrected chi connectivity index (χ0v) is 13.9. The lowest BCUT2D eigenvalue weighted by Crippen LogP contribution is -2.48. The van der Waals surface area contributed by atoms with Crippen LogP contribution in [0.1, 0.15) is 16.1 Å². The minimum atomic E-state index is -0.495. The number of furan rings is 1. The molecule has 2 aromatic carbocycles. The number of thiocarbonyl (C=S) groups is 1. The van der Waals surface area contributed by atoms with Crippen LogP contribution in [-0.4, -0.2) is 16.9 Å². The molecular weight excluding hydrogens is 338 g/mol. The Balaban J connectivity index is 1.54. The van der Waals surface area contributed by atoms with Crippen molar-refractivity contribution in [2.24, 2.45) is 0 Å². The lowest BCUT2D eigenvalue weighted by atomic mass is 10.0. The van der Waals surface area contributed by atoms with Gasteiger partial charge in [-0.15, -0.1) is 0 Å². The van der Waals surface area contributed by atoms with E-state index in [4.69, 9.17) is 16.6 Å². The zero-order valence-electron chi connectivity index (χ0n) is 13.1. The first-order valence-electron chi connectivity index (χ1n) is 7.54. The Morgan fingerprint density at radius 3 is 2.56 bits per heavy atom. The van der Waals surface area contributed by atoms with Crippen molar-refractivity contribution in [2.45, 2.75) is 6.42 Å². The number of amides is 2. The Bertz CT molecular complexity index is 917. The summed E-state index contributed by atoms with van der Waals surface area (Å²) in [6, 6.07) is 16.8. The molecule has 0 radical (unpaired) electrons. The highest BCUT2D eigenvalue weighted by atomic mass is 32.1. The minimum Gasteiger partial charge on any atom is -0.459 e. The molecule has 0 aliphatic rings. The van der Waals surface area contributed by atoms with Crippen molar-refractivity contribution in [1.82, 2.24) is 16.2 Å². The summed E-state index contributed by atoms with van der Waals surface area (Å²) in [5.74, 6) is -0.636. The molecule has 6 nitrogen and oxygen atoms in total. The molecule has 0 unspecified atom stereocenters. The van der Waals surface area contributed by atoms with Crippen LogP contribution in [0.2, 0.25) is 0 Å². The van der Waals surface area contributed by atoms with Crippen LogP contribution in [0.25, 0.3) is 10.8 Å². The summed E-state index contributed by atoms with van der Waals surface area (Å²) < 4.78 is 4.95. The summed E-state index contributed by atoms with van der Waals surface area (Å²) in [4.78, 5) is 23.9. The molecule has 1 aromatic heterocycles. The van der Waals surface area contributed by atoms with Crippen LogP contribution in [0, 0.1) is 0 Å². The van der Waals surface area contributed by atoms with Crippen LogP contribution in [0.4, 0.5) is 0 Å². The molecule has 0 spiro atoms. The molecule has 25 heavy (non-hydrogen) atoms. The van der Waals surface area contributed by atoms with Gasteiger partial charge in [-0.2, -0.15) is 0 Å². The molecule has 3 aromatic rings. The average Bonchev–Trinajstić information content (AvgIpc) is 3.15. The molecule has 0 atom stereocenters. The molecule has 3 N–H and O–H groups in total. The van der Waals surface area contributed by atoms with Gasteiger partial charge in [0.15, 0.2) is 10.9 Å². The van der Waals surface area contributed by atoms with Crippen molar-refractivity contribution in [3.05, 3.63) is 72.2 Å². The van der Waals surface area contributed by atoms with Crippen molar-refractivity contribution < 1.29 is 14.0 Å². The highest BCUT2D eigenvalue weighted by molar-refractivity contribution is 7.80. The molecule has 126 valence electrons. The van der Waals surface area contributed by atoms with Crippen molar-refractivity contribution in [2.75, 3.05) is 0 Å². The van der Waals surface area contributed by atoms with E-state index in [0.29, 0.717) is 0 Å². The van der Waals surface area contributed by atoms with E-state index in [1.165, 1.54) is 12.3 Å². The van der Waals surface area contributed by atoms with Gasteiger partial charge >= 0.3 is 0 Å². The second kappa shape index (κ2) is 7.59. The summed E-state index contributed by atoms with van der Waals surface area (Å²) in [5, 5.41) is 4.48. The van der Waals surface area contributed by atoms with Crippen molar-refractivity contribution in [3.63, 3.8) is 0 Å². The molecule has 0 aliphatic heterocycles. The van der Waals surface area contributed by atoms with Crippen LogP contribution in [0.15, 0.2) is 65.3 Å². The van der Waals surface area contributed by atoms with Crippen molar-refractivity contribution in [1.29, 1.82) is 0 Å². The van der Waals surface area contributed by atoms with Crippen LogP contribution in [0.5, 0.6) is 0 Å². The molecular formula is C18H15N3O3S. The monoisotopic (exact) mass is 353 g/mol. The summed E-state index contributed by atoms with van der Waals surface area (Å²) in [6.45, 7) is 0. The lowest BCUT2D eigenvalue weighted by molar-refractivity contribution is -0.121. The van der Waals surface area contributed by atoms with E-state index in [2.05, 4.69) is 16.2 Å². The van der Waals surface area contributed by atoms with Gasteiger partial charge in [-0.3, -0.25) is 25.8 Å². The predicted octanol–water partition coefficient (Wildman–Crippen LogP) is 2.31. The Morgan fingerprint density at radius 1 is 0.960 bits per heavy atom. The molecule has 1 heterocycles. The summed E-state index contributed by atoms with van der Waals surface area (Å²) in [5.41, 5.74) is 5.88. The molecule has 3 rings (SSSR count). The van der Waals surface area contributed by atoms with Gasteiger partial charge in [0.2, 0.25) is 5.91 Å². The van der Waals surface area contributed by atoms with Gasteiger partial charge in [0.05, 0.1) is 12.7 Å². The molecule has 2 amide bonds. The van der Waals surface area contributed by atoms with E-state index in [0.717, 1.165) is 16.3 Å².